The molecule has 0 aliphatic carbocycles. The van der Waals surface area contributed by atoms with Gasteiger partial charge in [0, 0.05) is 5.39 Å². The fourth-order valence-corrected chi connectivity index (χ4v) is 1.56. The van der Waals surface area contributed by atoms with Crippen LogP contribution in [0.2, 0.25) is 0 Å². The Morgan fingerprint density at radius 3 is 2.94 bits per heavy atom. The summed E-state index contributed by atoms with van der Waals surface area (Å²) in [5, 5.41) is 3.78. The van der Waals surface area contributed by atoms with E-state index in [4.69, 9.17) is 6.42 Å². The SMILES string of the molecule is C#CCNC(=O)c1cc2ccccc2c(=O)[nH]1. The second-order valence-corrected chi connectivity index (χ2v) is 3.49. The number of hydrogen-bond donors (Lipinski definition) is 2. The van der Waals surface area contributed by atoms with E-state index in [-0.39, 0.29) is 23.7 Å². The molecule has 0 unspecified atom stereocenters. The highest BCUT2D eigenvalue weighted by Gasteiger charge is 2.07. The van der Waals surface area contributed by atoms with Crippen LogP contribution in [0.15, 0.2) is 35.1 Å². The minimum Gasteiger partial charge on any atom is -0.340 e. The molecule has 2 N–H and O–H groups in total. The van der Waals surface area contributed by atoms with Crippen molar-refractivity contribution in [1.82, 2.24) is 10.3 Å². The number of carbonyl (C=O) groups excluding carboxylic acids is 1. The fourth-order valence-electron chi connectivity index (χ4n) is 1.56. The molecule has 0 spiro atoms. The summed E-state index contributed by atoms with van der Waals surface area (Å²) in [5.41, 5.74) is -0.0714. The zero-order chi connectivity index (χ0) is 12.3. The second-order valence-electron chi connectivity index (χ2n) is 3.49. The van der Waals surface area contributed by atoms with E-state index in [0.29, 0.717) is 5.39 Å². The summed E-state index contributed by atoms with van der Waals surface area (Å²) in [6.07, 6.45) is 5.04. The third kappa shape index (κ3) is 2.18. The summed E-state index contributed by atoms with van der Waals surface area (Å²) in [7, 11) is 0. The van der Waals surface area contributed by atoms with Crippen LogP contribution in [-0.4, -0.2) is 17.4 Å². The average molecular weight is 226 g/mol. The van der Waals surface area contributed by atoms with Gasteiger partial charge in [-0.3, -0.25) is 9.59 Å². The Morgan fingerprint density at radius 2 is 2.18 bits per heavy atom. The molecule has 4 heteroatoms. The van der Waals surface area contributed by atoms with E-state index in [1.54, 1.807) is 24.3 Å². The third-order valence-corrected chi connectivity index (χ3v) is 2.35. The maximum atomic E-state index is 11.7. The molecule has 2 aromatic rings. The predicted octanol–water partition coefficient (Wildman–Crippen LogP) is 0.891. The van der Waals surface area contributed by atoms with Gasteiger partial charge in [-0.25, -0.2) is 0 Å². The van der Waals surface area contributed by atoms with E-state index in [0.717, 1.165) is 5.39 Å². The predicted molar refractivity (Wildman–Crippen MR) is 65.7 cm³/mol. The number of carbonyl (C=O) groups is 1. The molecule has 1 aromatic heterocycles. The smallest absolute Gasteiger partial charge is 0.268 e. The van der Waals surface area contributed by atoms with Gasteiger partial charge >= 0.3 is 0 Å². The van der Waals surface area contributed by atoms with Crippen LogP contribution in [0.25, 0.3) is 10.8 Å². The molecular weight excluding hydrogens is 216 g/mol. The van der Waals surface area contributed by atoms with Crippen molar-refractivity contribution in [3.8, 4) is 12.3 Å². The molecular formula is C13H10N2O2. The largest absolute Gasteiger partial charge is 0.340 e. The standard InChI is InChI=1S/C13H10N2O2/c1-2-7-14-13(17)11-8-9-5-3-4-6-10(9)12(16)15-11/h1,3-6,8H,7H2,(H,14,17)(H,15,16). The van der Waals surface area contributed by atoms with E-state index in [9.17, 15) is 9.59 Å². The van der Waals surface area contributed by atoms with Crippen LogP contribution >= 0.6 is 0 Å². The first kappa shape index (κ1) is 11.0. The van der Waals surface area contributed by atoms with E-state index in [1.807, 2.05) is 6.07 Å². The zero-order valence-corrected chi connectivity index (χ0v) is 8.99. The second kappa shape index (κ2) is 4.54. The lowest BCUT2D eigenvalue weighted by molar-refractivity contribution is 0.0953. The molecule has 2 rings (SSSR count). The van der Waals surface area contributed by atoms with Gasteiger partial charge in [-0.15, -0.1) is 6.42 Å². The van der Waals surface area contributed by atoms with Crippen LogP contribution in [0.1, 0.15) is 10.5 Å². The van der Waals surface area contributed by atoms with Gasteiger partial charge in [0.15, 0.2) is 0 Å². The maximum Gasteiger partial charge on any atom is 0.268 e. The van der Waals surface area contributed by atoms with Gasteiger partial charge in [0.05, 0.1) is 6.54 Å². The first-order valence-electron chi connectivity index (χ1n) is 5.06. The van der Waals surface area contributed by atoms with Gasteiger partial charge in [-0.05, 0) is 17.5 Å². The molecule has 84 valence electrons. The van der Waals surface area contributed by atoms with Crippen LogP contribution < -0.4 is 10.9 Å². The van der Waals surface area contributed by atoms with Gasteiger partial charge in [-0.1, -0.05) is 24.1 Å². The van der Waals surface area contributed by atoms with Crippen molar-refractivity contribution in [3.05, 3.63) is 46.4 Å². The van der Waals surface area contributed by atoms with Crippen LogP contribution in [0.3, 0.4) is 0 Å². The molecule has 0 atom stereocenters. The molecule has 0 bridgehead atoms. The number of benzene rings is 1. The average Bonchev–Trinajstić information content (AvgIpc) is 2.36. The van der Waals surface area contributed by atoms with Gasteiger partial charge in [-0.2, -0.15) is 0 Å². The van der Waals surface area contributed by atoms with Crippen molar-refractivity contribution in [3.63, 3.8) is 0 Å². The van der Waals surface area contributed by atoms with Crippen LogP contribution in [0, 0.1) is 12.3 Å². The lowest BCUT2D eigenvalue weighted by Crippen LogP contribution is -2.26. The van der Waals surface area contributed by atoms with Gasteiger partial charge < -0.3 is 10.3 Å². The minimum absolute atomic E-state index is 0.133. The van der Waals surface area contributed by atoms with Crippen molar-refractivity contribution in [2.24, 2.45) is 0 Å². The van der Waals surface area contributed by atoms with Crippen molar-refractivity contribution in [2.75, 3.05) is 6.54 Å². The first-order chi connectivity index (χ1) is 8.22. The lowest BCUT2D eigenvalue weighted by Gasteiger charge is -2.03. The topological polar surface area (TPSA) is 62.0 Å². The molecule has 0 saturated carbocycles. The minimum atomic E-state index is -0.384. The molecule has 0 aliphatic rings. The quantitative estimate of drug-likeness (QED) is 0.747. The lowest BCUT2D eigenvalue weighted by atomic mass is 10.1. The number of terminal acetylenes is 1. The summed E-state index contributed by atoms with van der Waals surface area (Å²) >= 11 is 0. The van der Waals surface area contributed by atoms with E-state index < -0.39 is 0 Å². The fraction of sp³-hybridized carbons (Fsp3) is 0.0769. The Hall–Kier alpha value is -2.54. The van der Waals surface area contributed by atoms with E-state index >= 15 is 0 Å². The van der Waals surface area contributed by atoms with Gasteiger partial charge in [0.2, 0.25) is 0 Å². The highest BCUT2D eigenvalue weighted by Crippen LogP contribution is 2.09. The summed E-state index contributed by atoms with van der Waals surface area (Å²) < 4.78 is 0. The number of aromatic amines is 1. The number of hydrogen-bond acceptors (Lipinski definition) is 2. The molecule has 0 aliphatic heterocycles. The number of aromatic nitrogens is 1. The van der Waals surface area contributed by atoms with E-state index in [1.165, 1.54) is 0 Å². The molecule has 1 aromatic carbocycles. The summed E-state index contributed by atoms with van der Waals surface area (Å²) in [6, 6.07) is 8.70. The number of rotatable bonds is 2. The zero-order valence-electron chi connectivity index (χ0n) is 8.99. The molecule has 0 radical (unpaired) electrons. The third-order valence-electron chi connectivity index (χ3n) is 2.35. The number of pyridine rings is 1. The van der Waals surface area contributed by atoms with Crippen LogP contribution in [0.5, 0.6) is 0 Å². The summed E-state index contributed by atoms with van der Waals surface area (Å²) in [5.74, 6) is 1.91. The Kier molecular flexibility index (Phi) is 2.93. The van der Waals surface area contributed by atoms with Crippen LogP contribution in [-0.2, 0) is 0 Å². The van der Waals surface area contributed by atoms with E-state index in [2.05, 4.69) is 16.2 Å². The maximum absolute atomic E-state index is 11.7. The van der Waals surface area contributed by atoms with Crippen molar-refractivity contribution < 1.29 is 4.79 Å². The summed E-state index contributed by atoms with van der Waals surface area (Å²) in [6.45, 7) is 0.133. The number of nitrogens with one attached hydrogen (secondary N) is 2. The molecule has 1 heterocycles. The Bertz CT molecular complexity index is 665. The van der Waals surface area contributed by atoms with Gasteiger partial charge in [0.1, 0.15) is 5.69 Å². The van der Waals surface area contributed by atoms with Crippen molar-refractivity contribution >= 4 is 16.7 Å². The highest BCUT2D eigenvalue weighted by molar-refractivity contribution is 5.96. The number of fused-ring (bicyclic) bond motifs is 1. The molecule has 1 amide bonds. The Labute approximate surface area is 97.7 Å². The Morgan fingerprint density at radius 1 is 1.41 bits per heavy atom. The molecule has 4 nitrogen and oxygen atoms in total. The normalized spacial score (nSPS) is 9.82. The Balaban J connectivity index is 2.47. The van der Waals surface area contributed by atoms with Crippen molar-refractivity contribution in [1.29, 1.82) is 0 Å². The number of H-pyrrole nitrogens is 1. The summed E-state index contributed by atoms with van der Waals surface area (Å²) in [4.78, 5) is 25.8. The van der Waals surface area contributed by atoms with Crippen LogP contribution in [0.4, 0.5) is 0 Å². The highest BCUT2D eigenvalue weighted by atomic mass is 16.2. The van der Waals surface area contributed by atoms with Gasteiger partial charge in [0.25, 0.3) is 11.5 Å². The molecule has 0 saturated heterocycles. The first-order valence-corrected chi connectivity index (χ1v) is 5.06. The molecule has 0 fully saturated rings. The molecule has 17 heavy (non-hydrogen) atoms. The monoisotopic (exact) mass is 226 g/mol. The van der Waals surface area contributed by atoms with Crippen molar-refractivity contribution in [2.45, 2.75) is 0 Å². The number of amides is 1.